The zero-order valence-corrected chi connectivity index (χ0v) is 23.7. The summed E-state index contributed by atoms with van der Waals surface area (Å²) < 4.78 is 37.8. The highest BCUT2D eigenvalue weighted by atomic mass is 32.2. The molecule has 0 fully saturated rings. The molecule has 0 bridgehead atoms. The van der Waals surface area contributed by atoms with Crippen molar-refractivity contribution in [2.24, 2.45) is 0 Å². The first-order valence-corrected chi connectivity index (χ1v) is 13.9. The Kier molecular flexibility index (Phi) is 9.16. The maximum Gasteiger partial charge on any atom is 0.310 e. The van der Waals surface area contributed by atoms with Gasteiger partial charge in [-0.2, -0.15) is 0 Å². The predicted molar refractivity (Wildman–Crippen MR) is 152 cm³/mol. The van der Waals surface area contributed by atoms with Crippen LogP contribution in [-0.4, -0.2) is 34.0 Å². The van der Waals surface area contributed by atoms with Gasteiger partial charge in [0.25, 0.3) is 0 Å². The molecule has 4 rings (SSSR count). The third-order valence-electron chi connectivity index (χ3n) is 5.98. The second-order valence-electron chi connectivity index (χ2n) is 9.94. The maximum absolute atomic E-state index is 12.4. The van der Waals surface area contributed by atoms with Crippen molar-refractivity contribution in [1.29, 1.82) is 0 Å². The molecule has 0 saturated heterocycles. The molecule has 0 aliphatic carbocycles. The van der Waals surface area contributed by atoms with Crippen molar-refractivity contribution >= 4 is 28.3 Å². The first-order chi connectivity index (χ1) is 18.7. The van der Waals surface area contributed by atoms with Gasteiger partial charge in [-0.1, -0.05) is 12.1 Å². The lowest BCUT2D eigenvalue weighted by molar-refractivity contribution is -0.142. The van der Waals surface area contributed by atoms with Gasteiger partial charge in [-0.25, -0.2) is 0 Å². The molecule has 0 amide bonds. The number of nitrogens with zero attached hydrogens (tertiary/aromatic N) is 1. The first kappa shape index (κ1) is 28.5. The zero-order valence-electron chi connectivity index (χ0n) is 22.9. The molecule has 4 aromatic rings. The summed E-state index contributed by atoms with van der Waals surface area (Å²) in [7, 11) is 1.57. The van der Waals surface area contributed by atoms with Gasteiger partial charge in [-0.3, -0.25) is 9.78 Å². The van der Waals surface area contributed by atoms with Gasteiger partial charge < -0.3 is 23.2 Å². The number of para-hydroxylation sites is 1. The van der Waals surface area contributed by atoms with E-state index in [0.29, 0.717) is 30.2 Å². The van der Waals surface area contributed by atoms with Crippen LogP contribution in [0.4, 0.5) is 0 Å². The van der Waals surface area contributed by atoms with Gasteiger partial charge >= 0.3 is 5.97 Å². The van der Waals surface area contributed by atoms with E-state index >= 15 is 0 Å². The van der Waals surface area contributed by atoms with Crippen molar-refractivity contribution < 1.29 is 28.0 Å². The second-order valence-corrected chi connectivity index (χ2v) is 12.0. The minimum absolute atomic E-state index is 0.0836. The van der Waals surface area contributed by atoms with E-state index in [1.807, 2.05) is 63.2 Å². The Morgan fingerprint density at radius 3 is 2.72 bits per heavy atom. The number of hydrogen-bond acceptors (Lipinski definition) is 8. The number of pyridine rings is 1. The van der Waals surface area contributed by atoms with Crippen LogP contribution in [0.2, 0.25) is 0 Å². The van der Waals surface area contributed by atoms with Crippen LogP contribution in [0.5, 0.6) is 11.5 Å². The summed E-state index contributed by atoms with van der Waals surface area (Å²) in [5.41, 5.74) is 4.94. The number of hydrogen-bond donors (Lipinski definition) is 1. The van der Waals surface area contributed by atoms with Gasteiger partial charge in [0.15, 0.2) is 11.5 Å². The van der Waals surface area contributed by atoms with Crippen molar-refractivity contribution in [1.82, 2.24) is 9.71 Å². The number of ether oxygens (including phenoxy) is 3. The molecule has 39 heavy (non-hydrogen) atoms. The molecule has 0 spiro atoms. The average molecular weight is 551 g/mol. The van der Waals surface area contributed by atoms with Gasteiger partial charge in [0.1, 0.15) is 16.9 Å². The highest BCUT2D eigenvalue weighted by molar-refractivity contribution is 7.90. The van der Waals surface area contributed by atoms with Crippen molar-refractivity contribution in [2.75, 3.05) is 13.7 Å². The third-order valence-corrected chi connectivity index (χ3v) is 7.50. The quantitative estimate of drug-likeness (QED) is 0.186. The number of nitrogens with one attached hydrogen (secondary N) is 1. The molecular weight excluding hydrogens is 516 g/mol. The van der Waals surface area contributed by atoms with Crippen LogP contribution < -0.4 is 14.2 Å². The number of fused-ring (bicyclic) bond motifs is 1. The standard InChI is InChI=1S/C30H34N2O6S/c1-6-36-27(33)17-22-8-7-9-26(35-5)29(22)38-19-20-14-23-11-13-37-28(23)25(15-20)21-10-12-31-24(16-21)18-32-39(34)30(2,3)4/h7-16,32H,6,17-19H2,1-5H3. The van der Waals surface area contributed by atoms with E-state index in [1.165, 1.54) is 0 Å². The Balaban J connectivity index is 1.60. The van der Waals surface area contributed by atoms with Crippen LogP contribution in [-0.2, 0) is 40.5 Å². The zero-order chi connectivity index (χ0) is 28.0. The number of esters is 1. The number of carbonyl (C=O) groups is 1. The van der Waals surface area contributed by atoms with Crippen LogP contribution in [0.15, 0.2) is 65.4 Å². The number of rotatable bonds is 11. The average Bonchev–Trinajstić information content (AvgIpc) is 3.39. The third kappa shape index (κ3) is 7.11. The van der Waals surface area contributed by atoms with Crippen molar-refractivity contribution in [3.63, 3.8) is 0 Å². The van der Waals surface area contributed by atoms with Crippen molar-refractivity contribution in [3.8, 4) is 22.6 Å². The molecule has 9 heteroatoms. The topological polar surface area (TPSA) is 106 Å². The van der Waals surface area contributed by atoms with Crippen molar-refractivity contribution in [3.05, 3.63) is 77.8 Å². The fourth-order valence-corrected chi connectivity index (χ4v) is 4.80. The molecule has 206 valence electrons. The molecule has 0 aliphatic heterocycles. The van der Waals surface area contributed by atoms with Gasteiger partial charge in [-0.15, -0.1) is 4.72 Å². The molecule has 0 radical (unpaired) electrons. The number of aromatic nitrogens is 1. The molecule has 2 aromatic heterocycles. The fourth-order valence-electron chi connectivity index (χ4n) is 4.09. The molecule has 8 nitrogen and oxygen atoms in total. The molecule has 1 N–H and O–H groups in total. The molecule has 2 heterocycles. The molecule has 0 saturated carbocycles. The van der Waals surface area contributed by atoms with Crippen LogP contribution >= 0.6 is 0 Å². The van der Waals surface area contributed by atoms with E-state index < -0.39 is 11.4 Å². The number of benzene rings is 2. The summed E-state index contributed by atoms with van der Waals surface area (Å²) in [6, 6.07) is 15.3. The van der Waals surface area contributed by atoms with E-state index in [2.05, 4.69) is 9.71 Å². The Bertz CT molecular complexity index is 1430. The van der Waals surface area contributed by atoms with E-state index in [0.717, 1.165) is 33.4 Å². The summed E-state index contributed by atoms with van der Waals surface area (Å²) in [6.45, 7) is 8.48. The Labute approximate surface area is 232 Å². The lowest BCUT2D eigenvalue weighted by Crippen LogP contribution is -2.39. The van der Waals surface area contributed by atoms with Crippen LogP contribution in [0.1, 0.15) is 44.5 Å². The van der Waals surface area contributed by atoms with Crippen LogP contribution in [0, 0.1) is 0 Å². The molecule has 1 unspecified atom stereocenters. The van der Waals surface area contributed by atoms with E-state index in [1.54, 1.807) is 32.6 Å². The maximum atomic E-state index is 12.4. The smallest absolute Gasteiger partial charge is 0.310 e. The number of carbonyl (C=O) groups excluding carboxylic acids is 1. The molecular formula is C30H34N2O6S. The summed E-state index contributed by atoms with van der Waals surface area (Å²) in [5, 5.41) is 0.934. The lowest BCUT2D eigenvalue weighted by Gasteiger charge is -2.23. The summed E-state index contributed by atoms with van der Waals surface area (Å²) in [5.74, 6) is 0.721. The number of methoxy groups -OCH3 is 1. The second kappa shape index (κ2) is 12.5. The first-order valence-electron chi connectivity index (χ1n) is 12.7. The van der Waals surface area contributed by atoms with Gasteiger partial charge in [0.05, 0.1) is 38.6 Å². The van der Waals surface area contributed by atoms with Crippen LogP contribution in [0.25, 0.3) is 22.1 Å². The Morgan fingerprint density at radius 2 is 1.97 bits per heavy atom. The minimum Gasteiger partial charge on any atom is -0.598 e. The minimum atomic E-state index is -1.20. The highest BCUT2D eigenvalue weighted by Crippen LogP contribution is 2.35. The van der Waals surface area contributed by atoms with E-state index in [-0.39, 0.29) is 23.7 Å². The largest absolute Gasteiger partial charge is 0.598 e. The normalized spacial score (nSPS) is 12.4. The molecule has 2 aromatic carbocycles. The number of furan rings is 1. The predicted octanol–water partition coefficient (Wildman–Crippen LogP) is 5.74. The van der Waals surface area contributed by atoms with E-state index in [9.17, 15) is 9.35 Å². The van der Waals surface area contributed by atoms with Gasteiger partial charge in [-0.05, 0) is 75.2 Å². The summed E-state index contributed by atoms with van der Waals surface area (Å²) in [4.78, 5) is 16.6. The molecule has 1 atom stereocenters. The highest BCUT2D eigenvalue weighted by Gasteiger charge is 2.26. The van der Waals surface area contributed by atoms with Gasteiger partial charge in [0, 0.05) is 34.1 Å². The fraction of sp³-hybridized carbons (Fsp3) is 0.333. The van der Waals surface area contributed by atoms with E-state index in [4.69, 9.17) is 18.6 Å². The van der Waals surface area contributed by atoms with Gasteiger partial charge in [0.2, 0.25) is 0 Å². The summed E-state index contributed by atoms with van der Waals surface area (Å²) in [6.07, 6.45) is 3.48. The Hall–Kier alpha value is -3.53. The monoisotopic (exact) mass is 550 g/mol. The van der Waals surface area contributed by atoms with Crippen LogP contribution in [0.3, 0.4) is 0 Å². The Morgan fingerprint density at radius 1 is 1.15 bits per heavy atom. The molecule has 0 aliphatic rings. The SMILES string of the molecule is CCOC(=O)Cc1cccc(OC)c1OCc1cc(-c2ccnc(CN[S+]([O-])C(C)(C)C)c2)c2occc2c1. The summed E-state index contributed by atoms with van der Waals surface area (Å²) >= 11 is -1.20. The van der Waals surface area contributed by atoms with Crippen molar-refractivity contribution in [2.45, 2.75) is 52.0 Å². The lowest BCUT2D eigenvalue weighted by atomic mass is 10.0.